The maximum absolute atomic E-state index is 13.0. The number of ether oxygens (including phenoxy) is 1. The zero-order valence-corrected chi connectivity index (χ0v) is 7.29. The lowest BCUT2D eigenvalue weighted by atomic mass is 10.1. The van der Waals surface area contributed by atoms with Crippen LogP contribution in [0.5, 0.6) is 0 Å². The molecule has 0 unspecified atom stereocenters. The molecule has 1 aromatic carbocycles. The summed E-state index contributed by atoms with van der Waals surface area (Å²) >= 11 is 0. The number of epoxide rings is 1. The highest BCUT2D eigenvalue weighted by atomic mass is 19.2. The zero-order valence-electron chi connectivity index (χ0n) is 7.29. The minimum atomic E-state index is -2.13. The summed E-state index contributed by atoms with van der Waals surface area (Å²) in [5, 5.41) is 0. The summed E-state index contributed by atoms with van der Waals surface area (Å²) in [5.41, 5.74) is -0.811. The molecule has 6 heteroatoms. The van der Waals surface area contributed by atoms with Gasteiger partial charge in [0.15, 0.2) is 23.3 Å². The van der Waals surface area contributed by atoms with Gasteiger partial charge in [0.05, 0.1) is 12.7 Å². The summed E-state index contributed by atoms with van der Waals surface area (Å²) in [6.45, 7) is 0.277. The maximum atomic E-state index is 13.0. The molecule has 82 valence electrons. The minimum Gasteiger partial charge on any atom is -0.373 e. The first-order valence-corrected chi connectivity index (χ1v) is 4.14. The van der Waals surface area contributed by atoms with E-state index < -0.39 is 40.8 Å². The minimum absolute atomic E-state index is 0.277. The Morgan fingerprint density at radius 3 is 1.67 bits per heavy atom. The van der Waals surface area contributed by atoms with Crippen LogP contribution in [0.25, 0.3) is 0 Å². The fourth-order valence-corrected chi connectivity index (χ4v) is 1.24. The lowest BCUT2D eigenvalue weighted by Crippen LogP contribution is -2.09. The first-order valence-electron chi connectivity index (χ1n) is 4.14. The quantitative estimate of drug-likeness (QED) is 0.325. The van der Waals surface area contributed by atoms with E-state index in [0.29, 0.717) is 0 Å². The molecule has 15 heavy (non-hydrogen) atoms. The topological polar surface area (TPSA) is 12.5 Å². The van der Waals surface area contributed by atoms with Crippen molar-refractivity contribution < 1.29 is 26.7 Å². The number of rotatable bonds is 2. The fourth-order valence-electron chi connectivity index (χ4n) is 1.24. The molecule has 1 aliphatic heterocycles. The number of hydrogen-bond donors (Lipinski definition) is 0. The van der Waals surface area contributed by atoms with Crippen molar-refractivity contribution in [2.75, 3.05) is 6.61 Å². The number of halogens is 5. The van der Waals surface area contributed by atoms with Crippen LogP contribution in [0.2, 0.25) is 0 Å². The van der Waals surface area contributed by atoms with Crippen LogP contribution >= 0.6 is 0 Å². The second-order valence-corrected chi connectivity index (χ2v) is 3.21. The van der Waals surface area contributed by atoms with Crippen LogP contribution < -0.4 is 0 Å². The summed E-state index contributed by atoms with van der Waals surface area (Å²) in [6.07, 6.45) is -0.746. The molecular weight excluding hydrogens is 219 g/mol. The van der Waals surface area contributed by atoms with Crippen LogP contribution in [-0.4, -0.2) is 12.7 Å². The van der Waals surface area contributed by atoms with Crippen molar-refractivity contribution in [1.29, 1.82) is 0 Å². The third-order valence-corrected chi connectivity index (χ3v) is 2.13. The van der Waals surface area contributed by atoms with Gasteiger partial charge in [-0.2, -0.15) is 0 Å². The third-order valence-electron chi connectivity index (χ3n) is 2.13. The second kappa shape index (κ2) is 3.44. The lowest BCUT2D eigenvalue weighted by Gasteiger charge is -2.06. The van der Waals surface area contributed by atoms with Crippen molar-refractivity contribution in [3.63, 3.8) is 0 Å². The smallest absolute Gasteiger partial charge is 0.200 e. The van der Waals surface area contributed by atoms with Gasteiger partial charge < -0.3 is 4.74 Å². The van der Waals surface area contributed by atoms with E-state index in [0.717, 1.165) is 0 Å². The Balaban J connectivity index is 2.51. The van der Waals surface area contributed by atoms with Gasteiger partial charge in [-0.3, -0.25) is 0 Å². The lowest BCUT2D eigenvalue weighted by molar-refractivity contribution is 0.359. The Kier molecular flexibility index (Phi) is 2.38. The average Bonchev–Trinajstić information content (AvgIpc) is 3.02. The molecule has 0 spiro atoms. The Bertz CT molecular complexity index is 384. The van der Waals surface area contributed by atoms with Gasteiger partial charge in [0.2, 0.25) is 5.82 Å². The van der Waals surface area contributed by atoms with E-state index in [1.54, 1.807) is 0 Å². The standard InChI is InChI=1S/C9H5F5O/c10-5-4(1-3-2-15-3)6(11)8(13)9(14)7(5)12/h3H,1-2H2/t3-/m1/s1. The van der Waals surface area contributed by atoms with Gasteiger partial charge in [0, 0.05) is 12.0 Å². The molecule has 0 amide bonds. The van der Waals surface area contributed by atoms with Crippen LogP contribution in [0.15, 0.2) is 0 Å². The highest BCUT2D eigenvalue weighted by molar-refractivity contribution is 5.25. The zero-order chi connectivity index (χ0) is 11.2. The monoisotopic (exact) mass is 224 g/mol. The van der Waals surface area contributed by atoms with E-state index in [1.807, 2.05) is 0 Å². The Morgan fingerprint density at radius 1 is 0.867 bits per heavy atom. The van der Waals surface area contributed by atoms with Gasteiger partial charge in [-0.15, -0.1) is 0 Å². The molecule has 0 saturated carbocycles. The van der Waals surface area contributed by atoms with E-state index in [4.69, 9.17) is 0 Å². The highest BCUT2D eigenvalue weighted by Crippen LogP contribution is 2.26. The SMILES string of the molecule is Fc1c(F)c(F)c(C[C@@H]2CO2)c(F)c1F. The average molecular weight is 224 g/mol. The number of hydrogen-bond acceptors (Lipinski definition) is 1. The van der Waals surface area contributed by atoms with Gasteiger partial charge in [0.25, 0.3) is 0 Å². The Hall–Kier alpha value is -1.17. The normalized spacial score (nSPS) is 19.4. The van der Waals surface area contributed by atoms with Crippen molar-refractivity contribution in [2.45, 2.75) is 12.5 Å². The molecule has 0 N–H and O–H groups in total. The molecular formula is C9H5F5O. The summed E-state index contributed by atoms with van der Waals surface area (Å²) in [4.78, 5) is 0. The fraction of sp³-hybridized carbons (Fsp3) is 0.333. The Morgan fingerprint density at radius 2 is 1.27 bits per heavy atom. The van der Waals surface area contributed by atoms with Crippen LogP contribution in [-0.2, 0) is 11.2 Å². The highest BCUT2D eigenvalue weighted by Gasteiger charge is 2.31. The van der Waals surface area contributed by atoms with Gasteiger partial charge >= 0.3 is 0 Å². The van der Waals surface area contributed by atoms with E-state index in [2.05, 4.69) is 4.74 Å². The van der Waals surface area contributed by atoms with Crippen molar-refractivity contribution in [3.05, 3.63) is 34.6 Å². The summed E-state index contributed by atoms with van der Waals surface area (Å²) in [5.74, 6) is -9.51. The first kappa shape index (κ1) is 10.4. The van der Waals surface area contributed by atoms with Gasteiger partial charge in [0.1, 0.15) is 0 Å². The molecule has 1 fully saturated rings. The van der Waals surface area contributed by atoms with Crippen LogP contribution in [0.4, 0.5) is 22.0 Å². The van der Waals surface area contributed by atoms with Crippen LogP contribution in [0.3, 0.4) is 0 Å². The summed E-state index contributed by atoms with van der Waals surface area (Å²) in [7, 11) is 0. The van der Waals surface area contributed by atoms with E-state index in [1.165, 1.54) is 0 Å². The van der Waals surface area contributed by atoms with E-state index in [-0.39, 0.29) is 13.0 Å². The van der Waals surface area contributed by atoms with Gasteiger partial charge in [-0.1, -0.05) is 0 Å². The summed E-state index contributed by atoms with van der Waals surface area (Å²) in [6, 6.07) is 0. The molecule has 1 aromatic rings. The third kappa shape index (κ3) is 1.69. The second-order valence-electron chi connectivity index (χ2n) is 3.21. The van der Waals surface area contributed by atoms with E-state index in [9.17, 15) is 22.0 Å². The Labute approximate surface area is 81.5 Å². The van der Waals surface area contributed by atoms with Crippen molar-refractivity contribution >= 4 is 0 Å². The van der Waals surface area contributed by atoms with Crippen LogP contribution in [0, 0.1) is 29.1 Å². The predicted octanol–water partition coefficient (Wildman–Crippen LogP) is 2.32. The van der Waals surface area contributed by atoms with Crippen molar-refractivity contribution in [3.8, 4) is 0 Å². The van der Waals surface area contributed by atoms with Crippen molar-refractivity contribution in [1.82, 2.24) is 0 Å². The molecule has 1 saturated heterocycles. The largest absolute Gasteiger partial charge is 0.373 e. The van der Waals surface area contributed by atoms with E-state index >= 15 is 0 Å². The first-order chi connectivity index (χ1) is 7.02. The summed E-state index contributed by atoms with van der Waals surface area (Å²) < 4.78 is 68.6. The van der Waals surface area contributed by atoms with Crippen LogP contribution in [0.1, 0.15) is 5.56 Å². The van der Waals surface area contributed by atoms with Crippen molar-refractivity contribution in [2.24, 2.45) is 0 Å². The maximum Gasteiger partial charge on any atom is 0.200 e. The molecule has 1 heterocycles. The number of benzene rings is 1. The molecule has 1 nitrogen and oxygen atoms in total. The molecule has 0 aromatic heterocycles. The molecule has 1 aliphatic rings. The molecule has 1 atom stereocenters. The predicted molar refractivity (Wildman–Crippen MR) is 39.7 cm³/mol. The molecule has 2 rings (SSSR count). The van der Waals surface area contributed by atoms with Gasteiger partial charge in [-0.05, 0) is 0 Å². The molecule has 0 bridgehead atoms. The van der Waals surface area contributed by atoms with Gasteiger partial charge in [-0.25, -0.2) is 22.0 Å². The molecule has 0 aliphatic carbocycles. The molecule has 0 radical (unpaired) electrons.